The van der Waals surface area contributed by atoms with E-state index >= 15 is 0 Å². The van der Waals surface area contributed by atoms with Crippen LogP contribution in [0.3, 0.4) is 0 Å². The Labute approximate surface area is 171 Å². The van der Waals surface area contributed by atoms with Gasteiger partial charge in [-0.1, -0.05) is 30.8 Å². The first-order valence-electron chi connectivity index (χ1n) is 9.25. The van der Waals surface area contributed by atoms with Crippen molar-refractivity contribution in [1.29, 1.82) is 0 Å². The predicted molar refractivity (Wildman–Crippen MR) is 114 cm³/mol. The second kappa shape index (κ2) is 8.91. The van der Waals surface area contributed by atoms with Gasteiger partial charge in [0.25, 0.3) is 5.56 Å². The van der Waals surface area contributed by atoms with Crippen LogP contribution < -0.4 is 10.9 Å². The number of fused-ring (bicyclic) bond motifs is 1. The van der Waals surface area contributed by atoms with Gasteiger partial charge in [-0.15, -0.1) is 0 Å². The number of carbonyl (C=O) groups is 2. The zero-order valence-corrected chi connectivity index (χ0v) is 16.9. The molecule has 0 radical (unpaired) electrons. The Kier molecular flexibility index (Phi) is 6.33. The molecule has 8 heteroatoms. The minimum Gasteiger partial charge on any atom is -0.478 e. The zero-order valence-electron chi connectivity index (χ0n) is 16.1. The second-order valence-electron chi connectivity index (χ2n) is 6.35. The summed E-state index contributed by atoms with van der Waals surface area (Å²) >= 11 is 1.25. The highest BCUT2D eigenvalue weighted by atomic mass is 32.2. The molecular weight excluding hydrogens is 390 g/mol. The number of nitrogens with one attached hydrogen (secondary N) is 1. The van der Waals surface area contributed by atoms with Crippen LogP contribution in [0.5, 0.6) is 0 Å². The first-order valence-corrected chi connectivity index (χ1v) is 10.1. The minimum atomic E-state index is -1.02. The van der Waals surface area contributed by atoms with E-state index in [1.54, 1.807) is 34.9 Å². The summed E-state index contributed by atoms with van der Waals surface area (Å²) in [6.45, 7) is 4.21. The molecule has 0 saturated heterocycles. The van der Waals surface area contributed by atoms with Crippen LogP contribution in [0, 0.1) is 0 Å². The van der Waals surface area contributed by atoms with Gasteiger partial charge in [0.2, 0.25) is 5.91 Å². The number of amides is 1. The lowest BCUT2D eigenvalue weighted by Crippen LogP contribution is -2.28. The highest BCUT2D eigenvalue weighted by Crippen LogP contribution is 2.26. The van der Waals surface area contributed by atoms with E-state index in [2.05, 4.69) is 10.3 Å². The summed E-state index contributed by atoms with van der Waals surface area (Å²) in [6, 6.07) is 13.1. The van der Waals surface area contributed by atoms with Crippen molar-refractivity contribution in [2.45, 2.75) is 37.2 Å². The van der Waals surface area contributed by atoms with Gasteiger partial charge in [0.1, 0.15) is 0 Å². The molecule has 2 aromatic carbocycles. The molecule has 1 unspecified atom stereocenters. The lowest BCUT2D eigenvalue weighted by atomic mass is 10.2. The molecular formula is C21H21N3O4S. The van der Waals surface area contributed by atoms with Gasteiger partial charge in [0, 0.05) is 12.2 Å². The molecule has 0 bridgehead atoms. The van der Waals surface area contributed by atoms with E-state index < -0.39 is 11.2 Å². The number of aromatic nitrogens is 2. The van der Waals surface area contributed by atoms with Gasteiger partial charge in [-0.25, -0.2) is 9.78 Å². The number of nitrogens with zero attached hydrogens (tertiary/aromatic N) is 2. The van der Waals surface area contributed by atoms with Crippen LogP contribution in [0.2, 0.25) is 0 Å². The molecule has 0 aliphatic rings. The number of aromatic carboxylic acids is 1. The van der Waals surface area contributed by atoms with Crippen molar-refractivity contribution in [1.82, 2.24) is 9.55 Å². The van der Waals surface area contributed by atoms with Gasteiger partial charge < -0.3 is 10.4 Å². The molecule has 1 amide bonds. The Balaban J connectivity index is 1.84. The van der Waals surface area contributed by atoms with Crippen molar-refractivity contribution in [3.63, 3.8) is 0 Å². The van der Waals surface area contributed by atoms with Crippen LogP contribution in [0.25, 0.3) is 10.9 Å². The summed E-state index contributed by atoms with van der Waals surface area (Å²) in [5.41, 5.74) is 1.14. The maximum atomic E-state index is 12.8. The van der Waals surface area contributed by atoms with E-state index in [4.69, 9.17) is 5.11 Å². The lowest BCUT2D eigenvalue weighted by Gasteiger charge is -2.17. The normalized spacial score (nSPS) is 11.9. The predicted octanol–water partition coefficient (Wildman–Crippen LogP) is 3.62. The van der Waals surface area contributed by atoms with Gasteiger partial charge in [-0.05, 0) is 49.7 Å². The van der Waals surface area contributed by atoms with E-state index in [0.29, 0.717) is 34.7 Å². The number of hydrogen-bond donors (Lipinski definition) is 2. The topological polar surface area (TPSA) is 101 Å². The third kappa shape index (κ3) is 4.48. The number of thioether (sulfide) groups is 1. The number of rotatable bonds is 7. The summed E-state index contributed by atoms with van der Waals surface area (Å²) in [5, 5.41) is 12.4. The number of benzene rings is 2. The molecule has 1 heterocycles. The van der Waals surface area contributed by atoms with Gasteiger partial charge in [-0.2, -0.15) is 0 Å². The number of para-hydroxylation sites is 1. The van der Waals surface area contributed by atoms with E-state index in [1.165, 1.54) is 23.9 Å². The van der Waals surface area contributed by atoms with E-state index in [9.17, 15) is 14.4 Å². The van der Waals surface area contributed by atoms with Gasteiger partial charge in [0.15, 0.2) is 5.16 Å². The number of anilines is 1. The molecule has 0 aliphatic heterocycles. The maximum absolute atomic E-state index is 12.8. The van der Waals surface area contributed by atoms with Gasteiger partial charge in [-0.3, -0.25) is 14.2 Å². The first kappa shape index (κ1) is 20.6. The molecule has 3 aromatic rings. The Bertz CT molecular complexity index is 1110. The quantitative estimate of drug-likeness (QED) is 0.455. The molecule has 29 heavy (non-hydrogen) atoms. The van der Waals surface area contributed by atoms with Crippen molar-refractivity contribution in [3.8, 4) is 0 Å². The summed E-state index contributed by atoms with van der Waals surface area (Å²) in [7, 11) is 0. The third-order valence-corrected chi connectivity index (χ3v) is 5.81. The van der Waals surface area contributed by atoms with Gasteiger partial charge in [0.05, 0.1) is 21.7 Å². The summed E-state index contributed by atoms with van der Waals surface area (Å²) < 4.78 is 1.57. The Morgan fingerprint density at radius 3 is 2.45 bits per heavy atom. The van der Waals surface area contributed by atoms with Crippen molar-refractivity contribution < 1.29 is 14.7 Å². The molecule has 1 atom stereocenters. The van der Waals surface area contributed by atoms with Crippen molar-refractivity contribution >= 4 is 40.2 Å². The summed E-state index contributed by atoms with van der Waals surface area (Å²) in [5.74, 6) is -1.25. The summed E-state index contributed by atoms with van der Waals surface area (Å²) in [4.78, 5) is 41.1. The molecule has 7 nitrogen and oxygen atoms in total. The highest BCUT2D eigenvalue weighted by molar-refractivity contribution is 8.00. The van der Waals surface area contributed by atoms with E-state index in [-0.39, 0.29) is 17.0 Å². The van der Waals surface area contributed by atoms with Crippen molar-refractivity contribution in [3.05, 3.63) is 64.4 Å². The second-order valence-corrected chi connectivity index (χ2v) is 7.52. The SMILES string of the molecule is CCC(Sc1nc2ccccc2c(=O)n1CC)C(=O)Nc1ccc(C(=O)O)cc1. The molecule has 2 N–H and O–H groups in total. The Morgan fingerprint density at radius 2 is 1.83 bits per heavy atom. The third-order valence-electron chi connectivity index (χ3n) is 4.45. The van der Waals surface area contributed by atoms with Crippen molar-refractivity contribution in [2.75, 3.05) is 5.32 Å². The maximum Gasteiger partial charge on any atom is 0.335 e. The number of carbonyl (C=O) groups excluding carboxylic acids is 1. The molecule has 0 aliphatic carbocycles. The van der Waals surface area contributed by atoms with Crippen LogP contribution in [-0.4, -0.2) is 31.8 Å². The van der Waals surface area contributed by atoms with Crippen LogP contribution in [0.15, 0.2) is 58.5 Å². The fraction of sp³-hybridized carbons (Fsp3) is 0.238. The van der Waals surface area contributed by atoms with Crippen molar-refractivity contribution in [2.24, 2.45) is 0 Å². The summed E-state index contributed by atoms with van der Waals surface area (Å²) in [6.07, 6.45) is 0.538. The molecule has 150 valence electrons. The van der Waals surface area contributed by atoms with Crippen LogP contribution >= 0.6 is 11.8 Å². The fourth-order valence-corrected chi connectivity index (χ4v) is 3.96. The van der Waals surface area contributed by atoms with Crippen LogP contribution in [0.1, 0.15) is 30.6 Å². The smallest absolute Gasteiger partial charge is 0.335 e. The molecule has 0 spiro atoms. The zero-order chi connectivity index (χ0) is 21.0. The van der Waals surface area contributed by atoms with E-state index in [0.717, 1.165) is 0 Å². The minimum absolute atomic E-state index is 0.125. The largest absolute Gasteiger partial charge is 0.478 e. The average molecular weight is 411 g/mol. The average Bonchev–Trinajstić information content (AvgIpc) is 2.72. The molecule has 1 aromatic heterocycles. The van der Waals surface area contributed by atoms with Crippen LogP contribution in [0.4, 0.5) is 5.69 Å². The van der Waals surface area contributed by atoms with Gasteiger partial charge >= 0.3 is 5.97 Å². The Hall–Kier alpha value is -3.13. The highest BCUT2D eigenvalue weighted by Gasteiger charge is 2.22. The standard InChI is InChI=1S/C21H21N3O4S/c1-3-17(18(25)22-14-11-9-13(10-12-14)20(27)28)29-21-23-16-8-6-5-7-15(16)19(26)24(21)4-2/h5-12,17H,3-4H2,1-2H3,(H,22,25)(H,27,28). The van der Waals surface area contributed by atoms with E-state index in [1.807, 2.05) is 19.9 Å². The molecule has 0 fully saturated rings. The lowest BCUT2D eigenvalue weighted by molar-refractivity contribution is -0.115. The number of carboxylic acids is 1. The van der Waals surface area contributed by atoms with Crippen LogP contribution in [-0.2, 0) is 11.3 Å². The number of hydrogen-bond acceptors (Lipinski definition) is 5. The number of carboxylic acid groups (broad SMARTS) is 1. The Morgan fingerprint density at radius 1 is 1.14 bits per heavy atom. The molecule has 0 saturated carbocycles. The fourth-order valence-electron chi connectivity index (χ4n) is 2.88. The monoisotopic (exact) mass is 411 g/mol. The molecule has 3 rings (SSSR count). The first-order chi connectivity index (χ1) is 13.9.